The highest BCUT2D eigenvalue weighted by atomic mass is 79.9. The monoisotopic (exact) mass is 340 g/mol. The van der Waals surface area contributed by atoms with E-state index in [0.717, 1.165) is 19.4 Å². The van der Waals surface area contributed by atoms with Gasteiger partial charge < -0.3 is 10.2 Å². The summed E-state index contributed by atoms with van der Waals surface area (Å²) in [4.78, 5) is 14.7. The van der Waals surface area contributed by atoms with Crippen molar-refractivity contribution in [3.63, 3.8) is 0 Å². The van der Waals surface area contributed by atoms with Crippen molar-refractivity contribution in [3.05, 3.63) is 34.1 Å². The molecule has 3 nitrogen and oxygen atoms in total. The fourth-order valence-corrected chi connectivity index (χ4v) is 3.66. The zero-order valence-electron chi connectivity index (χ0n) is 11.2. The van der Waals surface area contributed by atoms with Crippen LogP contribution in [0.4, 0.5) is 4.39 Å². The van der Waals surface area contributed by atoms with E-state index in [1.165, 1.54) is 25.5 Å². The summed E-state index contributed by atoms with van der Waals surface area (Å²) >= 11 is 3.11. The van der Waals surface area contributed by atoms with E-state index in [9.17, 15) is 9.18 Å². The number of nitrogens with one attached hydrogen (secondary N) is 1. The van der Waals surface area contributed by atoms with Crippen LogP contribution in [-0.2, 0) is 0 Å². The van der Waals surface area contributed by atoms with E-state index in [2.05, 4.69) is 26.1 Å². The summed E-state index contributed by atoms with van der Waals surface area (Å²) in [6.45, 7) is 2.22. The molecule has 1 amide bonds. The molecule has 0 spiro atoms. The lowest BCUT2D eigenvalue weighted by Gasteiger charge is -2.35. The number of benzene rings is 1. The number of amides is 1. The summed E-state index contributed by atoms with van der Waals surface area (Å²) in [5.74, 6) is -0.788. The van der Waals surface area contributed by atoms with E-state index in [0.29, 0.717) is 10.5 Å². The molecule has 20 heavy (non-hydrogen) atoms. The third-order valence-electron chi connectivity index (χ3n) is 4.35. The Labute approximate surface area is 126 Å². The molecule has 0 radical (unpaired) electrons. The smallest absolute Gasteiger partial charge is 0.254 e. The summed E-state index contributed by atoms with van der Waals surface area (Å²) < 4.78 is 14.2. The molecule has 0 aliphatic carbocycles. The van der Waals surface area contributed by atoms with E-state index in [1.54, 1.807) is 12.1 Å². The molecule has 2 heterocycles. The van der Waals surface area contributed by atoms with Gasteiger partial charge >= 0.3 is 0 Å². The van der Waals surface area contributed by atoms with Crippen LogP contribution in [0.2, 0.25) is 0 Å². The van der Waals surface area contributed by atoms with Crippen molar-refractivity contribution in [1.29, 1.82) is 0 Å². The lowest BCUT2D eigenvalue weighted by molar-refractivity contribution is 0.0892. The third kappa shape index (κ3) is 2.74. The quantitative estimate of drug-likeness (QED) is 0.897. The van der Waals surface area contributed by atoms with Gasteiger partial charge in [0.25, 0.3) is 5.91 Å². The summed E-state index contributed by atoms with van der Waals surface area (Å²) in [6.07, 6.45) is 4.42. The summed E-state index contributed by atoms with van der Waals surface area (Å²) in [7, 11) is 0. The average Bonchev–Trinajstić information content (AvgIpc) is 2.89. The Morgan fingerprint density at radius 3 is 3.05 bits per heavy atom. The molecule has 2 aliphatic heterocycles. The Hall–Kier alpha value is -0.940. The molecule has 108 valence electrons. The van der Waals surface area contributed by atoms with Crippen LogP contribution in [0.15, 0.2) is 22.7 Å². The molecule has 0 saturated carbocycles. The molecule has 2 unspecified atom stereocenters. The SMILES string of the molecule is O=C(NC1CCN2CCCC2C1)c1cccc(Br)c1F. The lowest BCUT2D eigenvalue weighted by Crippen LogP contribution is -2.47. The molecular formula is C15H18BrFN2O. The maximum atomic E-state index is 13.9. The van der Waals surface area contributed by atoms with Gasteiger partial charge in [0, 0.05) is 18.6 Å². The molecule has 0 bridgehead atoms. The van der Waals surface area contributed by atoms with Gasteiger partial charge in [-0.15, -0.1) is 0 Å². The van der Waals surface area contributed by atoms with Crippen molar-refractivity contribution in [2.75, 3.05) is 13.1 Å². The number of halogens is 2. The maximum Gasteiger partial charge on any atom is 0.254 e. The Kier molecular flexibility index (Phi) is 4.08. The predicted molar refractivity (Wildman–Crippen MR) is 79.2 cm³/mol. The van der Waals surface area contributed by atoms with Crippen LogP contribution < -0.4 is 5.32 Å². The van der Waals surface area contributed by atoms with Gasteiger partial charge in [-0.3, -0.25) is 4.79 Å². The average molecular weight is 341 g/mol. The zero-order chi connectivity index (χ0) is 14.1. The first-order valence-corrected chi connectivity index (χ1v) is 7.93. The second-order valence-electron chi connectivity index (χ2n) is 5.63. The molecule has 1 aromatic carbocycles. The minimum absolute atomic E-state index is 0.119. The maximum absolute atomic E-state index is 13.9. The van der Waals surface area contributed by atoms with Crippen LogP contribution in [0.1, 0.15) is 36.0 Å². The number of hydrogen-bond donors (Lipinski definition) is 1. The minimum atomic E-state index is -0.483. The first-order chi connectivity index (χ1) is 9.65. The Morgan fingerprint density at radius 2 is 2.20 bits per heavy atom. The highest BCUT2D eigenvalue weighted by Crippen LogP contribution is 2.27. The number of carbonyl (C=O) groups is 1. The fourth-order valence-electron chi connectivity index (χ4n) is 3.30. The molecule has 3 rings (SSSR count). The van der Waals surface area contributed by atoms with Crippen molar-refractivity contribution in [3.8, 4) is 0 Å². The van der Waals surface area contributed by atoms with E-state index in [-0.39, 0.29) is 17.5 Å². The number of piperidine rings is 1. The number of fused-ring (bicyclic) bond motifs is 1. The van der Waals surface area contributed by atoms with Crippen LogP contribution >= 0.6 is 15.9 Å². The van der Waals surface area contributed by atoms with Crippen molar-refractivity contribution in [1.82, 2.24) is 10.2 Å². The van der Waals surface area contributed by atoms with Gasteiger partial charge in [0.05, 0.1) is 10.0 Å². The van der Waals surface area contributed by atoms with Gasteiger partial charge in [-0.1, -0.05) is 6.07 Å². The summed E-state index contributed by atoms with van der Waals surface area (Å²) in [5, 5.41) is 2.99. The van der Waals surface area contributed by atoms with Crippen molar-refractivity contribution < 1.29 is 9.18 Å². The highest BCUT2D eigenvalue weighted by Gasteiger charge is 2.32. The van der Waals surface area contributed by atoms with Crippen LogP contribution in [0.25, 0.3) is 0 Å². The van der Waals surface area contributed by atoms with Crippen LogP contribution in [0.5, 0.6) is 0 Å². The van der Waals surface area contributed by atoms with Crippen LogP contribution in [0.3, 0.4) is 0 Å². The number of hydrogen-bond acceptors (Lipinski definition) is 2. The van der Waals surface area contributed by atoms with Crippen LogP contribution in [-0.4, -0.2) is 36.0 Å². The zero-order valence-corrected chi connectivity index (χ0v) is 12.8. The molecule has 2 atom stereocenters. The Bertz CT molecular complexity index is 523. The lowest BCUT2D eigenvalue weighted by atomic mass is 9.97. The Morgan fingerprint density at radius 1 is 1.35 bits per heavy atom. The number of nitrogens with zero attached hydrogens (tertiary/aromatic N) is 1. The van der Waals surface area contributed by atoms with E-state index in [4.69, 9.17) is 0 Å². The van der Waals surface area contributed by atoms with Gasteiger partial charge in [-0.2, -0.15) is 0 Å². The van der Waals surface area contributed by atoms with Crippen LogP contribution in [0, 0.1) is 5.82 Å². The van der Waals surface area contributed by atoms with Gasteiger partial charge in [0.1, 0.15) is 5.82 Å². The van der Waals surface area contributed by atoms with Gasteiger partial charge in [-0.05, 0) is 60.3 Å². The number of carbonyl (C=O) groups excluding carboxylic acids is 1. The van der Waals surface area contributed by atoms with E-state index in [1.807, 2.05) is 0 Å². The molecule has 2 saturated heterocycles. The molecule has 1 N–H and O–H groups in total. The Balaban J connectivity index is 1.65. The van der Waals surface area contributed by atoms with Gasteiger partial charge in [0.2, 0.25) is 0 Å². The molecule has 5 heteroatoms. The van der Waals surface area contributed by atoms with Crippen molar-refractivity contribution in [2.24, 2.45) is 0 Å². The third-order valence-corrected chi connectivity index (χ3v) is 4.96. The molecule has 2 fully saturated rings. The topological polar surface area (TPSA) is 32.3 Å². The normalized spacial score (nSPS) is 26.3. The van der Waals surface area contributed by atoms with Crippen molar-refractivity contribution in [2.45, 2.75) is 37.8 Å². The second-order valence-corrected chi connectivity index (χ2v) is 6.48. The fraction of sp³-hybridized carbons (Fsp3) is 0.533. The first-order valence-electron chi connectivity index (χ1n) is 7.14. The van der Waals surface area contributed by atoms with E-state index < -0.39 is 5.82 Å². The van der Waals surface area contributed by atoms with Gasteiger partial charge in [0.15, 0.2) is 0 Å². The van der Waals surface area contributed by atoms with E-state index >= 15 is 0 Å². The first kappa shape index (κ1) is 14.0. The molecular weight excluding hydrogens is 323 g/mol. The molecule has 1 aromatic rings. The van der Waals surface area contributed by atoms with Crippen molar-refractivity contribution >= 4 is 21.8 Å². The molecule has 2 aliphatic rings. The minimum Gasteiger partial charge on any atom is -0.349 e. The largest absolute Gasteiger partial charge is 0.349 e. The standard InChI is InChI=1S/C15H18BrFN2O/c16-13-5-1-4-12(14(13)17)15(20)18-10-6-8-19-7-2-3-11(19)9-10/h1,4-5,10-11H,2-3,6-9H2,(H,18,20). The highest BCUT2D eigenvalue weighted by molar-refractivity contribution is 9.10. The number of rotatable bonds is 2. The second kappa shape index (κ2) is 5.82. The summed E-state index contributed by atoms with van der Waals surface area (Å²) in [6, 6.07) is 5.58. The summed E-state index contributed by atoms with van der Waals surface area (Å²) in [5.41, 5.74) is 0.119. The molecule has 0 aromatic heterocycles. The predicted octanol–water partition coefficient (Wildman–Crippen LogP) is 2.94. The van der Waals surface area contributed by atoms with Gasteiger partial charge in [-0.25, -0.2) is 4.39 Å².